The van der Waals surface area contributed by atoms with Crippen LogP contribution in [0.4, 0.5) is 0 Å². The number of carbonyl (C=O) groups is 1. The molecule has 0 aliphatic carbocycles. The van der Waals surface area contributed by atoms with E-state index in [9.17, 15) is 4.79 Å². The number of nitrogens with zero attached hydrogens (tertiary/aromatic N) is 1. The van der Waals surface area contributed by atoms with E-state index < -0.39 is 0 Å². The summed E-state index contributed by atoms with van der Waals surface area (Å²) in [6.07, 6.45) is 4.55. The highest BCUT2D eigenvalue weighted by Gasteiger charge is 2.15. The fourth-order valence-electron chi connectivity index (χ4n) is 2.11. The van der Waals surface area contributed by atoms with Crippen molar-refractivity contribution in [2.45, 2.75) is 25.4 Å². The summed E-state index contributed by atoms with van der Waals surface area (Å²) in [7, 11) is 1.64. The molecule has 1 aliphatic rings. The number of nitrogens with one attached hydrogen (secondary N) is 1. The second kappa shape index (κ2) is 9.95. The molecule has 0 saturated carbocycles. The molecule has 0 atom stereocenters. The van der Waals surface area contributed by atoms with Gasteiger partial charge in [0.05, 0.1) is 25.7 Å². The first-order valence-corrected chi connectivity index (χ1v) is 6.98. The van der Waals surface area contributed by atoms with Crippen LogP contribution in [0.2, 0.25) is 0 Å². The Balaban J connectivity index is 2.20. The molecule has 0 aromatic heterocycles. The maximum atomic E-state index is 12.0. The molecule has 1 saturated heterocycles. The Hall–Kier alpha value is -0.910. The average molecular weight is 270 g/mol. The zero-order valence-electron chi connectivity index (χ0n) is 11.9. The molecule has 1 N–H and O–H groups in total. The van der Waals surface area contributed by atoms with Crippen LogP contribution in [0.15, 0.2) is 12.7 Å². The lowest BCUT2D eigenvalue weighted by Crippen LogP contribution is -2.36. The number of methoxy groups -OCH3 is 1. The predicted octanol–water partition coefficient (Wildman–Crippen LogP) is 0.806. The summed E-state index contributed by atoms with van der Waals surface area (Å²) in [5, 5.41) is 3.29. The third-order valence-electron chi connectivity index (χ3n) is 3.22. The Labute approximate surface area is 115 Å². The number of rotatable bonds is 9. The molecule has 110 valence electrons. The van der Waals surface area contributed by atoms with Crippen LogP contribution in [0, 0.1) is 0 Å². The van der Waals surface area contributed by atoms with E-state index in [2.05, 4.69) is 11.9 Å². The first-order valence-electron chi connectivity index (χ1n) is 6.98. The summed E-state index contributed by atoms with van der Waals surface area (Å²) in [6.45, 7) is 7.92. The monoisotopic (exact) mass is 270 g/mol. The minimum atomic E-state index is 0.103. The third kappa shape index (κ3) is 6.71. The van der Waals surface area contributed by atoms with Crippen LogP contribution < -0.4 is 5.32 Å². The molecular formula is C14H26N2O3. The molecule has 0 unspecified atom stereocenters. The largest absolute Gasteiger partial charge is 0.383 e. The van der Waals surface area contributed by atoms with Gasteiger partial charge in [-0.15, -0.1) is 6.58 Å². The SMILES string of the molecule is C=CCN(CCOC)C(=O)CCOC1CCNCC1. The van der Waals surface area contributed by atoms with E-state index in [4.69, 9.17) is 9.47 Å². The third-order valence-corrected chi connectivity index (χ3v) is 3.22. The van der Waals surface area contributed by atoms with Gasteiger partial charge in [0, 0.05) is 20.2 Å². The van der Waals surface area contributed by atoms with E-state index >= 15 is 0 Å². The van der Waals surface area contributed by atoms with Crippen molar-refractivity contribution < 1.29 is 14.3 Å². The van der Waals surface area contributed by atoms with Crippen LogP contribution in [-0.2, 0) is 14.3 Å². The molecule has 5 nitrogen and oxygen atoms in total. The fraction of sp³-hybridized carbons (Fsp3) is 0.786. The van der Waals surface area contributed by atoms with Gasteiger partial charge in [0.15, 0.2) is 0 Å². The number of ether oxygens (including phenoxy) is 2. The van der Waals surface area contributed by atoms with Crippen molar-refractivity contribution in [2.75, 3.05) is 46.5 Å². The van der Waals surface area contributed by atoms with E-state index in [0.717, 1.165) is 25.9 Å². The minimum absolute atomic E-state index is 0.103. The van der Waals surface area contributed by atoms with Gasteiger partial charge in [0.2, 0.25) is 5.91 Å². The van der Waals surface area contributed by atoms with Crippen molar-refractivity contribution in [3.8, 4) is 0 Å². The molecule has 19 heavy (non-hydrogen) atoms. The summed E-state index contributed by atoms with van der Waals surface area (Å²) in [6, 6.07) is 0. The standard InChI is InChI=1S/C14H26N2O3/c1-3-9-16(10-12-18-2)14(17)6-11-19-13-4-7-15-8-5-13/h3,13,15H,1,4-12H2,2H3. The Morgan fingerprint density at radius 2 is 2.16 bits per heavy atom. The number of amides is 1. The van der Waals surface area contributed by atoms with Gasteiger partial charge in [-0.2, -0.15) is 0 Å². The molecule has 1 heterocycles. The van der Waals surface area contributed by atoms with E-state index in [1.807, 2.05) is 0 Å². The molecule has 0 spiro atoms. The Bertz CT molecular complexity index is 265. The van der Waals surface area contributed by atoms with Gasteiger partial charge in [0.1, 0.15) is 0 Å². The van der Waals surface area contributed by atoms with Crippen molar-refractivity contribution in [3.05, 3.63) is 12.7 Å². The average Bonchev–Trinajstić information content (AvgIpc) is 2.44. The van der Waals surface area contributed by atoms with Gasteiger partial charge < -0.3 is 19.7 Å². The molecule has 0 radical (unpaired) electrons. The van der Waals surface area contributed by atoms with Crippen molar-refractivity contribution in [3.63, 3.8) is 0 Å². The summed E-state index contributed by atoms with van der Waals surface area (Å²) < 4.78 is 10.7. The Morgan fingerprint density at radius 3 is 2.79 bits per heavy atom. The van der Waals surface area contributed by atoms with Crippen molar-refractivity contribution >= 4 is 5.91 Å². The smallest absolute Gasteiger partial charge is 0.225 e. The highest BCUT2D eigenvalue weighted by atomic mass is 16.5. The number of hydrogen-bond acceptors (Lipinski definition) is 4. The lowest BCUT2D eigenvalue weighted by atomic mass is 10.1. The Morgan fingerprint density at radius 1 is 1.42 bits per heavy atom. The van der Waals surface area contributed by atoms with Gasteiger partial charge in [0.25, 0.3) is 0 Å². The maximum absolute atomic E-state index is 12.0. The molecule has 1 rings (SSSR count). The molecule has 0 bridgehead atoms. The zero-order chi connectivity index (χ0) is 13.9. The molecule has 0 aromatic rings. The molecule has 1 amide bonds. The molecule has 0 aromatic carbocycles. The van der Waals surface area contributed by atoms with Crippen molar-refractivity contribution in [1.82, 2.24) is 10.2 Å². The van der Waals surface area contributed by atoms with Gasteiger partial charge in [-0.05, 0) is 25.9 Å². The first-order chi connectivity index (χ1) is 9.27. The van der Waals surface area contributed by atoms with Crippen molar-refractivity contribution in [2.24, 2.45) is 0 Å². The lowest BCUT2D eigenvalue weighted by molar-refractivity contribution is -0.133. The van der Waals surface area contributed by atoms with Gasteiger partial charge in [-0.25, -0.2) is 0 Å². The number of hydrogen-bond donors (Lipinski definition) is 1. The molecular weight excluding hydrogens is 244 g/mol. The van der Waals surface area contributed by atoms with Crippen LogP contribution in [-0.4, -0.2) is 63.4 Å². The summed E-state index contributed by atoms with van der Waals surface area (Å²) in [5.74, 6) is 0.103. The lowest BCUT2D eigenvalue weighted by Gasteiger charge is -2.24. The van der Waals surface area contributed by atoms with E-state index in [0.29, 0.717) is 38.8 Å². The van der Waals surface area contributed by atoms with Gasteiger partial charge in [-0.1, -0.05) is 6.08 Å². The highest BCUT2D eigenvalue weighted by molar-refractivity contribution is 5.76. The normalized spacial score (nSPS) is 16.3. The van der Waals surface area contributed by atoms with Crippen LogP contribution in [0.1, 0.15) is 19.3 Å². The fourth-order valence-corrected chi connectivity index (χ4v) is 2.11. The second-order valence-corrected chi connectivity index (χ2v) is 4.69. The second-order valence-electron chi connectivity index (χ2n) is 4.69. The molecule has 1 fully saturated rings. The van der Waals surface area contributed by atoms with Crippen LogP contribution in [0.25, 0.3) is 0 Å². The topological polar surface area (TPSA) is 50.8 Å². The number of piperidine rings is 1. The highest BCUT2D eigenvalue weighted by Crippen LogP contribution is 2.08. The number of carbonyl (C=O) groups excluding carboxylic acids is 1. The summed E-state index contributed by atoms with van der Waals surface area (Å²) in [4.78, 5) is 13.8. The molecule has 5 heteroatoms. The van der Waals surface area contributed by atoms with E-state index in [-0.39, 0.29) is 5.91 Å². The van der Waals surface area contributed by atoms with E-state index in [1.165, 1.54) is 0 Å². The Kier molecular flexibility index (Phi) is 8.45. The van der Waals surface area contributed by atoms with Crippen LogP contribution >= 0.6 is 0 Å². The maximum Gasteiger partial charge on any atom is 0.225 e. The summed E-state index contributed by atoms with van der Waals surface area (Å²) >= 11 is 0. The zero-order valence-corrected chi connectivity index (χ0v) is 11.9. The van der Waals surface area contributed by atoms with Gasteiger partial charge in [-0.3, -0.25) is 4.79 Å². The van der Waals surface area contributed by atoms with Crippen molar-refractivity contribution in [1.29, 1.82) is 0 Å². The van der Waals surface area contributed by atoms with Gasteiger partial charge >= 0.3 is 0 Å². The van der Waals surface area contributed by atoms with E-state index in [1.54, 1.807) is 18.1 Å². The van der Waals surface area contributed by atoms with Crippen LogP contribution in [0.3, 0.4) is 0 Å². The predicted molar refractivity (Wildman–Crippen MR) is 75.1 cm³/mol. The quantitative estimate of drug-likeness (QED) is 0.630. The summed E-state index contributed by atoms with van der Waals surface area (Å²) in [5.41, 5.74) is 0. The minimum Gasteiger partial charge on any atom is -0.383 e. The molecule has 1 aliphatic heterocycles. The van der Waals surface area contributed by atoms with Crippen LogP contribution in [0.5, 0.6) is 0 Å². The first kappa shape index (κ1) is 16.1.